The van der Waals surface area contributed by atoms with Crippen molar-refractivity contribution in [1.29, 1.82) is 0 Å². The predicted molar refractivity (Wildman–Crippen MR) is 132 cm³/mol. The van der Waals surface area contributed by atoms with Crippen molar-refractivity contribution >= 4 is 29.9 Å². The molecule has 2 aromatic rings. The maximum atomic E-state index is 5.83. The van der Waals surface area contributed by atoms with Crippen molar-refractivity contribution in [2.24, 2.45) is 4.99 Å². The summed E-state index contributed by atoms with van der Waals surface area (Å²) in [5, 5.41) is 7.20. The van der Waals surface area contributed by atoms with Gasteiger partial charge in [-0.3, -0.25) is 14.8 Å². The number of para-hydroxylation sites is 1. The number of aliphatic imine (C=N–C) groups is 1. The Hall–Kier alpha value is -1.78. The number of hydrogen-bond donors (Lipinski definition) is 2. The Balaban J connectivity index is 0.00000231. The predicted octanol–water partition coefficient (Wildman–Crippen LogP) is 2.50. The minimum Gasteiger partial charge on any atom is -0.493 e. The van der Waals surface area contributed by atoms with E-state index in [0.717, 1.165) is 56.6 Å². The van der Waals surface area contributed by atoms with Crippen molar-refractivity contribution in [1.82, 2.24) is 20.4 Å². The third kappa shape index (κ3) is 5.53. The summed E-state index contributed by atoms with van der Waals surface area (Å²) in [7, 11) is 0. The molecule has 5 heterocycles. The number of fused-ring (bicyclic) bond motifs is 4. The van der Waals surface area contributed by atoms with Gasteiger partial charge in [0.25, 0.3) is 0 Å². The van der Waals surface area contributed by atoms with E-state index >= 15 is 0 Å². The first-order chi connectivity index (χ1) is 14.8. The second-order valence-electron chi connectivity index (χ2n) is 8.31. The molecule has 0 amide bonds. The van der Waals surface area contributed by atoms with Crippen molar-refractivity contribution < 1.29 is 9.15 Å². The van der Waals surface area contributed by atoms with Crippen LogP contribution >= 0.6 is 24.0 Å². The average molecular weight is 537 g/mol. The Kier molecular flexibility index (Phi) is 7.73. The number of rotatable bonds is 6. The van der Waals surface area contributed by atoms with E-state index in [2.05, 4.69) is 32.6 Å². The maximum Gasteiger partial charge on any atom is 0.191 e. The molecule has 0 radical (unpaired) electrons. The van der Waals surface area contributed by atoms with Crippen LogP contribution in [-0.4, -0.2) is 74.2 Å². The summed E-state index contributed by atoms with van der Waals surface area (Å²) in [4.78, 5) is 10.2. The minimum absolute atomic E-state index is 0. The van der Waals surface area contributed by atoms with Gasteiger partial charge in [0.15, 0.2) is 5.96 Å². The summed E-state index contributed by atoms with van der Waals surface area (Å²) in [5.41, 5.74) is 1.20. The number of ether oxygens (including phenoxy) is 1. The second kappa shape index (κ2) is 10.7. The van der Waals surface area contributed by atoms with Crippen LogP contribution in [0.5, 0.6) is 5.75 Å². The molecule has 168 valence electrons. The van der Waals surface area contributed by atoms with Gasteiger partial charge >= 0.3 is 0 Å². The van der Waals surface area contributed by atoms with Crippen molar-refractivity contribution in [2.45, 2.75) is 24.9 Å². The lowest BCUT2D eigenvalue weighted by Crippen LogP contribution is -2.62. The Bertz CT molecular complexity index is 851. The van der Waals surface area contributed by atoms with Gasteiger partial charge in [-0.1, -0.05) is 18.2 Å². The monoisotopic (exact) mass is 537 g/mol. The van der Waals surface area contributed by atoms with Crippen LogP contribution < -0.4 is 15.4 Å². The van der Waals surface area contributed by atoms with E-state index in [9.17, 15) is 0 Å². The molecule has 3 fully saturated rings. The molecule has 2 atom stereocenters. The van der Waals surface area contributed by atoms with Gasteiger partial charge in [0.05, 0.1) is 25.5 Å². The van der Waals surface area contributed by atoms with Crippen LogP contribution in [0.2, 0.25) is 0 Å². The van der Waals surface area contributed by atoms with E-state index < -0.39 is 0 Å². The van der Waals surface area contributed by atoms with Crippen LogP contribution in [0, 0.1) is 0 Å². The third-order valence-electron chi connectivity index (χ3n) is 6.37. The number of nitrogens with one attached hydrogen (secondary N) is 2. The van der Waals surface area contributed by atoms with Gasteiger partial charge in [-0.2, -0.15) is 0 Å². The molecule has 31 heavy (non-hydrogen) atoms. The number of halogens is 1. The molecule has 2 bridgehead atoms. The Labute approximate surface area is 201 Å². The van der Waals surface area contributed by atoms with E-state index in [4.69, 9.17) is 14.1 Å². The van der Waals surface area contributed by atoms with Crippen LogP contribution in [0.4, 0.5) is 0 Å². The van der Waals surface area contributed by atoms with Gasteiger partial charge in [0.1, 0.15) is 11.5 Å². The molecule has 2 N–H and O–H groups in total. The molecule has 8 heteroatoms. The van der Waals surface area contributed by atoms with Crippen LogP contribution in [0.25, 0.3) is 0 Å². The highest BCUT2D eigenvalue weighted by Crippen LogP contribution is 2.31. The summed E-state index contributed by atoms with van der Waals surface area (Å²) in [6.07, 6.45) is 3.49. The molecule has 0 spiro atoms. The van der Waals surface area contributed by atoms with Gasteiger partial charge in [0, 0.05) is 63.7 Å². The largest absolute Gasteiger partial charge is 0.493 e. The van der Waals surface area contributed by atoms with Gasteiger partial charge in [-0.15, -0.1) is 24.0 Å². The first-order valence-corrected chi connectivity index (χ1v) is 11.1. The molecule has 0 aliphatic carbocycles. The Morgan fingerprint density at radius 3 is 2.74 bits per heavy atom. The van der Waals surface area contributed by atoms with E-state index in [0.29, 0.717) is 6.04 Å². The fraction of sp³-hybridized carbons (Fsp3) is 0.522. The van der Waals surface area contributed by atoms with Gasteiger partial charge in [-0.05, 0) is 18.2 Å². The Morgan fingerprint density at radius 1 is 1.10 bits per heavy atom. The SMILES string of the molecule is I.c1coc(CCNC(=NCC2CN3CCN2CC3)NC2CCOc3ccccc32)c1. The zero-order valence-electron chi connectivity index (χ0n) is 17.8. The molecular formula is C23H32IN5O2. The van der Waals surface area contributed by atoms with E-state index in [1.165, 1.54) is 31.7 Å². The van der Waals surface area contributed by atoms with Gasteiger partial charge in [0.2, 0.25) is 0 Å². The fourth-order valence-corrected chi connectivity index (χ4v) is 4.66. The van der Waals surface area contributed by atoms with Crippen molar-refractivity contribution in [3.63, 3.8) is 0 Å². The lowest BCUT2D eigenvalue weighted by atomic mass is 10.0. The zero-order valence-corrected chi connectivity index (χ0v) is 20.2. The standard InChI is InChI=1S/C23H31N5O2.HI/c1-2-6-22-20(5-1)21(8-15-30-22)26-23(24-9-7-19-4-3-14-29-19)25-16-18-17-27-10-12-28(18)13-11-27;/h1-6,14,18,21H,7-13,15-17H2,(H2,24,25,26);1H. The summed E-state index contributed by atoms with van der Waals surface area (Å²) in [5.74, 6) is 2.84. The first kappa shape index (κ1) is 22.4. The molecule has 6 rings (SSSR count). The van der Waals surface area contributed by atoms with Crippen LogP contribution in [0.15, 0.2) is 52.1 Å². The van der Waals surface area contributed by atoms with Crippen LogP contribution in [0.1, 0.15) is 23.8 Å². The number of guanidine groups is 1. The van der Waals surface area contributed by atoms with Crippen molar-refractivity contribution in [3.05, 3.63) is 54.0 Å². The number of furan rings is 1. The van der Waals surface area contributed by atoms with Crippen LogP contribution in [-0.2, 0) is 6.42 Å². The summed E-state index contributed by atoms with van der Waals surface area (Å²) >= 11 is 0. The smallest absolute Gasteiger partial charge is 0.191 e. The van der Waals surface area contributed by atoms with Crippen molar-refractivity contribution in [3.8, 4) is 5.75 Å². The minimum atomic E-state index is 0. The highest BCUT2D eigenvalue weighted by atomic mass is 127. The zero-order chi connectivity index (χ0) is 20.2. The molecule has 3 saturated heterocycles. The highest BCUT2D eigenvalue weighted by Gasteiger charge is 2.31. The molecule has 2 unspecified atom stereocenters. The van der Waals surface area contributed by atoms with E-state index in [1.54, 1.807) is 6.26 Å². The lowest BCUT2D eigenvalue weighted by Gasteiger charge is -2.47. The molecular weight excluding hydrogens is 505 g/mol. The van der Waals surface area contributed by atoms with Crippen LogP contribution in [0.3, 0.4) is 0 Å². The second-order valence-corrected chi connectivity index (χ2v) is 8.31. The Morgan fingerprint density at radius 2 is 1.97 bits per heavy atom. The third-order valence-corrected chi connectivity index (χ3v) is 6.37. The fourth-order valence-electron chi connectivity index (χ4n) is 4.66. The van der Waals surface area contributed by atoms with Gasteiger partial charge in [-0.25, -0.2) is 0 Å². The highest BCUT2D eigenvalue weighted by molar-refractivity contribution is 14.0. The quantitative estimate of drug-likeness (QED) is 0.336. The molecule has 4 aliphatic heterocycles. The van der Waals surface area contributed by atoms with Gasteiger partial charge < -0.3 is 19.8 Å². The first-order valence-electron chi connectivity index (χ1n) is 11.1. The lowest BCUT2D eigenvalue weighted by molar-refractivity contribution is 0.0174. The summed E-state index contributed by atoms with van der Waals surface area (Å²) < 4.78 is 11.3. The maximum absolute atomic E-state index is 5.83. The van der Waals surface area contributed by atoms with Crippen molar-refractivity contribution in [2.75, 3.05) is 52.4 Å². The summed E-state index contributed by atoms with van der Waals surface area (Å²) in [6.45, 7) is 8.19. The average Bonchev–Trinajstić information content (AvgIpc) is 3.32. The number of hydrogen-bond acceptors (Lipinski definition) is 5. The number of piperazine rings is 3. The molecule has 1 aromatic heterocycles. The topological polar surface area (TPSA) is 65.3 Å². The van der Waals surface area contributed by atoms with E-state index in [1.807, 2.05) is 24.3 Å². The molecule has 7 nitrogen and oxygen atoms in total. The van der Waals surface area contributed by atoms with E-state index in [-0.39, 0.29) is 30.0 Å². The molecule has 4 aliphatic rings. The summed E-state index contributed by atoms with van der Waals surface area (Å²) in [6, 6.07) is 13.0. The molecule has 0 saturated carbocycles. The number of nitrogens with zero attached hydrogens (tertiary/aromatic N) is 3. The molecule has 1 aromatic carbocycles. The normalized spacial score (nSPS) is 27.0. The number of benzene rings is 1.